The van der Waals surface area contributed by atoms with Crippen LogP contribution in [0.2, 0.25) is 0 Å². The van der Waals surface area contributed by atoms with E-state index in [0.717, 1.165) is 36.2 Å². The molecule has 1 N–H and O–H groups in total. The Kier molecular flexibility index (Phi) is 6.02. The van der Waals surface area contributed by atoms with Crippen LogP contribution in [-0.2, 0) is 14.4 Å². The van der Waals surface area contributed by atoms with Crippen LogP contribution >= 0.6 is 0 Å². The summed E-state index contributed by atoms with van der Waals surface area (Å²) in [7, 11) is 0. The molecule has 3 amide bonds. The molecule has 3 aliphatic rings. The Morgan fingerprint density at radius 3 is 2.46 bits per heavy atom. The van der Waals surface area contributed by atoms with Gasteiger partial charge < -0.3 is 15.1 Å². The fraction of sp³-hybridized carbons (Fsp3) is 0.379. The van der Waals surface area contributed by atoms with E-state index in [0.29, 0.717) is 26.1 Å². The van der Waals surface area contributed by atoms with Crippen molar-refractivity contribution >= 4 is 23.4 Å². The zero-order valence-corrected chi connectivity index (χ0v) is 20.8. The highest BCUT2D eigenvalue weighted by Gasteiger charge is 2.58. The Hall–Kier alpha value is -3.94. The molecule has 6 rings (SSSR count). The topological polar surface area (TPSA) is 87.5 Å². The van der Waals surface area contributed by atoms with Crippen LogP contribution in [-0.4, -0.2) is 63.5 Å². The zero-order chi connectivity index (χ0) is 25.4. The van der Waals surface area contributed by atoms with E-state index in [9.17, 15) is 14.4 Å². The smallest absolute Gasteiger partial charge is 0.242 e. The monoisotopic (exact) mass is 497 g/mol. The SMILES string of the molecule is O=C(Nc1ccc(-n2cccn2)cc1)[C@H]1CC12CCN(C(=O)CN1C[C@@H](c3ccccc3)CC1=O)CC2. The van der Waals surface area contributed by atoms with E-state index < -0.39 is 0 Å². The third-order valence-electron chi connectivity index (χ3n) is 8.33. The van der Waals surface area contributed by atoms with E-state index in [2.05, 4.69) is 10.4 Å². The number of hydrogen-bond acceptors (Lipinski definition) is 4. The van der Waals surface area contributed by atoms with Crippen molar-refractivity contribution in [1.29, 1.82) is 0 Å². The number of aromatic nitrogens is 2. The van der Waals surface area contributed by atoms with Crippen molar-refractivity contribution in [2.24, 2.45) is 11.3 Å². The summed E-state index contributed by atoms with van der Waals surface area (Å²) in [6, 6.07) is 19.6. The average molecular weight is 498 g/mol. The molecule has 3 heterocycles. The molecule has 37 heavy (non-hydrogen) atoms. The summed E-state index contributed by atoms with van der Waals surface area (Å²) in [5.74, 6) is 0.255. The first-order chi connectivity index (χ1) is 18.0. The number of hydrogen-bond donors (Lipinski definition) is 1. The highest BCUT2D eigenvalue weighted by molar-refractivity contribution is 5.95. The van der Waals surface area contributed by atoms with Crippen molar-refractivity contribution in [2.45, 2.75) is 31.6 Å². The molecule has 3 fully saturated rings. The molecule has 0 unspecified atom stereocenters. The molecule has 8 heteroatoms. The van der Waals surface area contributed by atoms with Crippen molar-refractivity contribution < 1.29 is 14.4 Å². The fourth-order valence-electron chi connectivity index (χ4n) is 5.96. The maximum absolute atomic E-state index is 13.0. The van der Waals surface area contributed by atoms with Crippen molar-refractivity contribution in [2.75, 3.05) is 31.5 Å². The molecule has 3 aromatic rings. The average Bonchev–Trinajstić information content (AvgIpc) is 3.22. The third kappa shape index (κ3) is 4.75. The molecule has 1 aliphatic carbocycles. The first-order valence-corrected chi connectivity index (χ1v) is 13.0. The quantitative estimate of drug-likeness (QED) is 0.565. The molecule has 0 bridgehead atoms. The normalized spacial score (nSPS) is 22.3. The molecular formula is C29H31N5O3. The summed E-state index contributed by atoms with van der Waals surface area (Å²) in [4.78, 5) is 42.0. The minimum absolute atomic E-state index is 0.00225. The second kappa shape index (κ2) is 9.50. The van der Waals surface area contributed by atoms with Gasteiger partial charge in [-0.1, -0.05) is 30.3 Å². The lowest BCUT2D eigenvalue weighted by atomic mass is 9.90. The Labute approximate surface area is 216 Å². The maximum atomic E-state index is 13.0. The van der Waals surface area contributed by atoms with Crippen molar-refractivity contribution in [3.8, 4) is 5.69 Å². The lowest BCUT2D eigenvalue weighted by Gasteiger charge is -2.34. The van der Waals surface area contributed by atoms with Gasteiger partial charge in [0, 0.05) is 56.0 Å². The van der Waals surface area contributed by atoms with Crippen LogP contribution in [0.3, 0.4) is 0 Å². The number of nitrogens with one attached hydrogen (secondary N) is 1. The van der Waals surface area contributed by atoms with Gasteiger partial charge in [0.25, 0.3) is 0 Å². The predicted octanol–water partition coefficient (Wildman–Crippen LogP) is 3.46. The Morgan fingerprint density at radius 2 is 1.76 bits per heavy atom. The first-order valence-electron chi connectivity index (χ1n) is 13.0. The molecule has 2 atom stereocenters. The van der Waals surface area contributed by atoms with Crippen LogP contribution in [0.5, 0.6) is 0 Å². The molecule has 1 saturated carbocycles. The van der Waals surface area contributed by atoms with Gasteiger partial charge in [-0.15, -0.1) is 0 Å². The number of piperidine rings is 1. The van der Waals surface area contributed by atoms with Crippen LogP contribution in [0.1, 0.15) is 37.2 Å². The van der Waals surface area contributed by atoms with Crippen molar-refractivity contribution in [1.82, 2.24) is 19.6 Å². The number of carbonyl (C=O) groups excluding carboxylic acids is 3. The molecule has 8 nitrogen and oxygen atoms in total. The molecule has 190 valence electrons. The number of amides is 3. The van der Waals surface area contributed by atoms with E-state index in [1.165, 1.54) is 0 Å². The van der Waals surface area contributed by atoms with Crippen LogP contribution < -0.4 is 5.32 Å². The lowest BCUT2D eigenvalue weighted by Crippen LogP contribution is -2.45. The molecular weight excluding hydrogens is 466 g/mol. The predicted molar refractivity (Wildman–Crippen MR) is 139 cm³/mol. The van der Waals surface area contributed by atoms with Gasteiger partial charge in [-0.2, -0.15) is 5.10 Å². The zero-order valence-electron chi connectivity index (χ0n) is 20.8. The summed E-state index contributed by atoms with van der Waals surface area (Å²) in [5.41, 5.74) is 2.86. The summed E-state index contributed by atoms with van der Waals surface area (Å²) in [6.07, 6.45) is 6.60. The van der Waals surface area contributed by atoms with Gasteiger partial charge in [0.2, 0.25) is 17.7 Å². The van der Waals surface area contributed by atoms with Crippen molar-refractivity contribution in [3.05, 3.63) is 78.6 Å². The molecule has 1 spiro atoms. The van der Waals surface area contributed by atoms with Crippen LogP contribution in [0, 0.1) is 11.3 Å². The van der Waals surface area contributed by atoms with E-state index in [4.69, 9.17) is 0 Å². The van der Waals surface area contributed by atoms with E-state index in [1.807, 2.05) is 71.8 Å². The van der Waals surface area contributed by atoms with Gasteiger partial charge in [0.15, 0.2) is 0 Å². The molecule has 2 aliphatic heterocycles. The Morgan fingerprint density at radius 1 is 1.00 bits per heavy atom. The molecule has 1 aromatic heterocycles. The van der Waals surface area contributed by atoms with E-state index in [1.54, 1.807) is 15.8 Å². The standard InChI is InChI=1S/C29H31N5O3/c35-26-17-22(21-5-2-1-3-6-21)19-33(26)20-27(36)32-15-11-29(12-16-32)18-25(29)28(37)31-23-7-9-24(10-8-23)34-14-4-13-30-34/h1-10,13-14,22,25H,11-12,15-20H2,(H,31,37)/t22-,25+/m0/s1. The second-order valence-corrected chi connectivity index (χ2v) is 10.6. The fourth-order valence-corrected chi connectivity index (χ4v) is 5.96. The summed E-state index contributed by atoms with van der Waals surface area (Å²) in [6.45, 7) is 2.03. The Bertz CT molecular complexity index is 1280. The first kappa shape index (κ1) is 23.5. The molecule has 2 saturated heterocycles. The van der Waals surface area contributed by atoms with Crippen molar-refractivity contribution in [3.63, 3.8) is 0 Å². The number of carbonyl (C=O) groups is 3. The van der Waals surface area contributed by atoms with Gasteiger partial charge in [-0.05, 0) is 60.6 Å². The van der Waals surface area contributed by atoms with Gasteiger partial charge in [0.05, 0.1) is 12.2 Å². The van der Waals surface area contributed by atoms with Crippen LogP contribution in [0.25, 0.3) is 5.69 Å². The number of benzene rings is 2. The minimum atomic E-state index is -0.0117. The lowest BCUT2D eigenvalue weighted by molar-refractivity contribution is -0.139. The van der Waals surface area contributed by atoms with Crippen LogP contribution in [0.15, 0.2) is 73.1 Å². The minimum Gasteiger partial charge on any atom is -0.341 e. The van der Waals surface area contributed by atoms with Crippen LogP contribution in [0.4, 0.5) is 5.69 Å². The number of likely N-dealkylation sites (tertiary alicyclic amines) is 2. The highest BCUT2D eigenvalue weighted by Crippen LogP contribution is 2.59. The number of nitrogens with zero attached hydrogens (tertiary/aromatic N) is 4. The van der Waals surface area contributed by atoms with E-state index >= 15 is 0 Å². The summed E-state index contributed by atoms with van der Waals surface area (Å²) in [5, 5.41) is 7.28. The van der Waals surface area contributed by atoms with Gasteiger partial charge in [-0.25, -0.2) is 4.68 Å². The Balaban J connectivity index is 0.981. The summed E-state index contributed by atoms with van der Waals surface area (Å²) >= 11 is 0. The third-order valence-corrected chi connectivity index (χ3v) is 8.33. The van der Waals surface area contributed by atoms with Gasteiger partial charge in [0.1, 0.15) is 0 Å². The van der Waals surface area contributed by atoms with Gasteiger partial charge in [-0.3, -0.25) is 14.4 Å². The van der Waals surface area contributed by atoms with E-state index in [-0.39, 0.29) is 41.5 Å². The van der Waals surface area contributed by atoms with Gasteiger partial charge >= 0.3 is 0 Å². The largest absolute Gasteiger partial charge is 0.341 e. The summed E-state index contributed by atoms with van der Waals surface area (Å²) < 4.78 is 1.78. The number of rotatable bonds is 6. The highest BCUT2D eigenvalue weighted by atomic mass is 16.2. The molecule has 0 radical (unpaired) electrons. The molecule has 2 aromatic carbocycles. The maximum Gasteiger partial charge on any atom is 0.242 e. The second-order valence-electron chi connectivity index (χ2n) is 10.6. The number of anilines is 1.